The van der Waals surface area contributed by atoms with E-state index in [4.69, 9.17) is 0 Å². The zero-order valence-corrected chi connectivity index (χ0v) is 9.59. The van der Waals surface area contributed by atoms with E-state index in [2.05, 4.69) is 4.18 Å². The van der Waals surface area contributed by atoms with E-state index in [0.717, 1.165) is 0 Å². The van der Waals surface area contributed by atoms with Gasteiger partial charge in [-0.3, -0.25) is 4.18 Å². The van der Waals surface area contributed by atoms with Crippen molar-refractivity contribution in [1.29, 1.82) is 0 Å². The standard InChI is InChI=1S/C7H14O5S2/c1-2-12-14(10,11)5-7-3-6(7)4-13(8)9/h6-7,13H,2-5H2,1H3. The van der Waals surface area contributed by atoms with E-state index in [1.165, 1.54) is 0 Å². The molecule has 1 rings (SSSR count). The molecule has 1 aliphatic carbocycles. The van der Waals surface area contributed by atoms with Gasteiger partial charge in [-0.2, -0.15) is 8.42 Å². The second-order valence-electron chi connectivity index (χ2n) is 3.40. The molecular weight excluding hydrogens is 228 g/mol. The van der Waals surface area contributed by atoms with Crippen LogP contribution >= 0.6 is 0 Å². The zero-order valence-electron chi connectivity index (χ0n) is 7.88. The molecule has 0 heterocycles. The minimum atomic E-state index is -3.43. The van der Waals surface area contributed by atoms with Gasteiger partial charge in [-0.15, -0.1) is 0 Å². The number of hydrogen-bond acceptors (Lipinski definition) is 5. The summed E-state index contributed by atoms with van der Waals surface area (Å²) in [5, 5.41) is 0. The Morgan fingerprint density at radius 1 is 1.36 bits per heavy atom. The Kier molecular flexibility index (Phi) is 3.91. The van der Waals surface area contributed by atoms with Crippen molar-refractivity contribution in [2.24, 2.45) is 11.8 Å². The lowest BCUT2D eigenvalue weighted by atomic mass is 10.4. The van der Waals surface area contributed by atoms with E-state index in [1.807, 2.05) is 0 Å². The van der Waals surface area contributed by atoms with Gasteiger partial charge in [-0.05, 0) is 25.2 Å². The molecule has 0 radical (unpaired) electrons. The average molecular weight is 242 g/mol. The maximum absolute atomic E-state index is 11.1. The van der Waals surface area contributed by atoms with Crippen molar-refractivity contribution < 1.29 is 21.0 Å². The SMILES string of the molecule is CCOS(=O)(=O)CC1CC1C[SH](=O)=O. The highest BCUT2D eigenvalue weighted by molar-refractivity contribution is 7.86. The van der Waals surface area contributed by atoms with Crippen LogP contribution in [0.5, 0.6) is 0 Å². The Bertz CT molecular complexity index is 348. The largest absolute Gasteiger partial charge is 0.270 e. The van der Waals surface area contributed by atoms with Crippen LogP contribution in [0, 0.1) is 11.8 Å². The first-order valence-corrected chi connectivity index (χ1v) is 7.37. The third kappa shape index (κ3) is 3.93. The van der Waals surface area contributed by atoms with Crippen LogP contribution in [0.3, 0.4) is 0 Å². The molecule has 1 saturated carbocycles. The van der Waals surface area contributed by atoms with Gasteiger partial charge in [0, 0.05) is 0 Å². The van der Waals surface area contributed by atoms with Gasteiger partial charge in [0.15, 0.2) is 0 Å². The first-order chi connectivity index (χ1) is 6.44. The molecular formula is C7H14O5S2. The summed E-state index contributed by atoms with van der Waals surface area (Å²) < 4.78 is 47.5. The van der Waals surface area contributed by atoms with Crippen LogP contribution in [0.15, 0.2) is 0 Å². The number of hydrogen-bond donors (Lipinski definition) is 1. The van der Waals surface area contributed by atoms with Crippen molar-refractivity contribution in [2.45, 2.75) is 13.3 Å². The van der Waals surface area contributed by atoms with Crippen molar-refractivity contribution in [3.63, 3.8) is 0 Å². The van der Waals surface area contributed by atoms with Gasteiger partial charge in [0.1, 0.15) is 10.7 Å². The predicted octanol–water partition coefficient (Wildman–Crippen LogP) is -0.400. The van der Waals surface area contributed by atoms with Gasteiger partial charge in [0.2, 0.25) is 0 Å². The molecule has 0 bridgehead atoms. The summed E-state index contributed by atoms with van der Waals surface area (Å²) in [6, 6.07) is 0. The minimum Gasteiger partial charge on any atom is -0.270 e. The Morgan fingerprint density at radius 2 is 2.00 bits per heavy atom. The van der Waals surface area contributed by atoms with Crippen LogP contribution in [-0.2, 0) is 25.0 Å². The Hall–Kier alpha value is -0.140. The molecule has 2 unspecified atom stereocenters. The monoisotopic (exact) mass is 242 g/mol. The van der Waals surface area contributed by atoms with E-state index in [-0.39, 0.29) is 29.9 Å². The normalized spacial score (nSPS) is 26.7. The van der Waals surface area contributed by atoms with Gasteiger partial charge in [-0.25, -0.2) is 8.42 Å². The molecule has 0 amide bonds. The maximum Gasteiger partial charge on any atom is 0.267 e. The molecule has 0 aromatic rings. The summed E-state index contributed by atoms with van der Waals surface area (Å²) in [7, 11) is -5.82. The van der Waals surface area contributed by atoms with Gasteiger partial charge in [0.05, 0.1) is 18.1 Å². The average Bonchev–Trinajstić information content (AvgIpc) is 2.64. The first kappa shape index (κ1) is 11.9. The highest BCUT2D eigenvalue weighted by atomic mass is 32.2. The van der Waals surface area contributed by atoms with E-state index < -0.39 is 20.8 Å². The third-order valence-electron chi connectivity index (χ3n) is 2.17. The molecule has 0 aromatic heterocycles. The molecule has 84 valence electrons. The summed E-state index contributed by atoms with van der Waals surface area (Å²) in [6.45, 7) is 1.74. The van der Waals surface area contributed by atoms with Gasteiger partial charge < -0.3 is 0 Å². The first-order valence-electron chi connectivity index (χ1n) is 4.43. The third-order valence-corrected chi connectivity index (χ3v) is 4.37. The minimum absolute atomic E-state index is 0.0198. The van der Waals surface area contributed by atoms with E-state index in [0.29, 0.717) is 6.42 Å². The van der Waals surface area contributed by atoms with Crippen molar-refractivity contribution in [2.75, 3.05) is 18.1 Å². The summed E-state index contributed by atoms with van der Waals surface area (Å²) in [4.78, 5) is 0. The molecule has 0 aliphatic heterocycles. The molecule has 2 atom stereocenters. The zero-order chi connectivity index (χ0) is 10.8. The smallest absolute Gasteiger partial charge is 0.267 e. The molecule has 5 nitrogen and oxygen atoms in total. The van der Waals surface area contributed by atoms with Crippen molar-refractivity contribution in [1.82, 2.24) is 0 Å². The van der Waals surface area contributed by atoms with E-state index in [9.17, 15) is 16.8 Å². The number of rotatable bonds is 6. The Balaban J connectivity index is 2.35. The second kappa shape index (κ2) is 4.59. The maximum atomic E-state index is 11.1. The van der Waals surface area contributed by atoms with E-state index in [1.54, 1.807) is 6.92 Å². The highest BCUT2D eigenvalue weighted by Gasteiger charge is 2.40. The molecule has 0 spiro atoms. The van der Waals surface area contributed by atoms with Gasteiger partial charge in [-0.1, -0.05) is 0 Å². The predicted molar refractivity (Wildman–Crippen MR) is 52.2 cm³/mol. The molecule has 0 saturated heterocycles. The second-order valence-corrected chi connectivity index (χ2v) is 6.12. The summed E-state index contributed by atoms with van der Waals surface area (Å²) >= 11 is 0. The van der Waals surface area contributed by atoms with Gasteiger partial charge in [0.25, 0.3) is 10.1 Å². The molecule has 7 heteroatoms. The fourth-order valence-corrected chi connectivity index (χ4v) is 3.64. The van der Waals surface area contributed by atoms with Crippen LogP contribution in [0.1, 0.15) is 13.3 Å². The van der Waals surface area contributed by atoms with Crippen LogP contribution in [0.4, 0.5) is 0 Å². The summed E-state index contributed by atoms with van der Waals surface area (Å²) in [5.74, 6) is 0.0434. The lowest BCUT2D eigenvalue weighted by molar-refractivity contribution is 0.336. The van der Waals surface area contributed by atoms with Gasteiger partial charge >= 0.3 is 0 Å². The van der Waals surface area contributed by atoms with Crippen molar-refractivity contribution in [3.05, 3.63) is 0 Å². The molecule has 1 fully saturated rings. The van der Waals surface area contributed by atoms with Crippen molar-refractivity contribution >= 4 is 20.8 Å². The van der Waals surface area contributed by atoms with E-state index >= 15 is 0 Å². The fourth-order valence-electron chi connectivity index (χ4n) is 1.42. The topological polar surface area (TPSA) is 77.5 Å². The molecule has 14 heavy (non-hydrogen) atoms. The summed E-state index contributed by atoms with van der Waals surface area (Å²) in [6.07, 6.45) is 0.676. The summed E-state index contributed by atoms with van der Waals surface area (Å²) in [5.41, 5.74) is 0. The molecule has 0 aromatic carbocycles. The Morgan fingerprint density at radius 3 is 2.50 bits per heavy atom. The Labute approximate surface area is 85.5 Å². The lowest BCUT2D eigenvalue weighted by Gasteiger charge is -2.01. The van der Waals surface area contributed by atoms with Crippen LogP contribution in [-0.4, -0.2) is 34.9 Å². The van der Waals surface area contributed by atoms with Crippen LogP contribution in [0.2, 0.25) is 0 Å². The fraction of sp³-hybridized carbons (Fsp3) is 1.00. The lowest BCUT2D eigenvalue weighted by Crippen LogP contribution is -2.13. The highest BCUT2D eigenvalue weighted by Crippen LogP contribution is 2.39. The van der Waals surface area contributed by atoms with Crippen LogP contribution < -0.4 is 0 Å². The van der Waals surface area contributed by atoms with Crippen LogP contribution in [0.25, 0.3) is 0 Å². The quantitative estimate of drug-likeness (QED) is 0.506. The van der Waals surface area contributed by atoms with Crippen molar-refractivity contribution in [3.8, 4) is 0 Å². The molecule has 1 aliphatic rings. The molecule has 0 N–H and O–H groups in total. The number of thiol groups is 1.